The summed E-state index contributed by atoms with van der Waals surface area (Å²) in [4.78, 5) is 24.0. The maximum absolute atomic E-state index is 12.1. The van der Waals surface area contributed by atoms with Crippen molar-refractivity contribution in [2.75, 3.05) is 6.54 Å². The Bertz CT molecular complexity index is 291. The van der Waals surface area contributed by atoms with Crippen LogP contribution < -0.4 is 16.8 Å². The van der Waals surface area contributed by atoms with Crippen LogP contribution in [0.1, 0.15) is 60.8 Å². The van der Waals surface area contributed by atoms with Gasteiger partial charge in [-0.1, -0.05) is 41.5 Å². The van der Waals surface area contributed by atoms with Crippen LogP contribution in [0.15, 0.2) is 0 Å². The van der Waals surface area contributed by atoms with E-state index >= 15 is 0 Å². The van der Waals surface area contributed by atoms with Gasteiger partial charge in [0.2, 0.25) is 5.91 Å². The van der Waals surface area contributed by atoms with Crippen LogP contribution in [0.2, 0.25) is 0 Å². The van der Waals surface area contributed by atoms with E-state index in [1.165, 1.54) is 0 Å². The minimum atomic E-state index is -0.572. The van der Waals surface area contributed by atoms with Crippen LogP contribution in [0.3, 0.4) is 0 Å². The molecule has 0 bridgehead atoms. The predicted molar refractivity (Wildman–Crippen MR) is 88.8 cm³/mol. The predicted octanol–water partition coefficient (Wildman–Crippen LogP) is 1.83. The number of unbranched alkanes of at least 4 members (excludes halogenated alkanes) is 1. The molecule has 0 radical (unpaired) electrons. The SMILES string of the molecule is CC.CC(C)C(=O)[C@H](CCCCN)NC(=O)C(N)C(C)C. The molecule has 126 valence electrons. The van der Waals surface area contributed by atoms with Crippen molar-refractivity contribution in [3.63, 3.8) is 0 Å². The van der Waals surface area contributed by atoms with Gasteiger partial charge in [-0.3, -0.25) is 9.59 Å². The molecule has 1 amide bonds. The number of amides is 1. The molecular formula is C16H35N3O2. The lowest BCUT2D eigenvalue weighted by Gasteiger charge is -2.23. The summed E-state index contributed by atoms with van der Waals surface area (Å²) in [6.07, 6.45) is 2.32. The molecule has 0 aromatic carbocycles. The molecular weight excluding hydrogens is 266 g/mol. The van der Waals surface area contributed by atoms with Crippen LogP contribution in [0, 0.1) is 11.8 Å². The third-order valence-corrected chi connectivity index (χ3v) is 3.20. The fourth-order valence-corrected chi connectivity index (χ4v) is 1.75. The van der Waals surface area contributed by atoms with Crippen LogP contribution >= 0.6 is 0 Å². The summed E-state index contributed by atoms with van der Waals surface area (Å²) in [6.45, 7) is 12.1. The maximum Gasteiger partial charge on any atom is 0.237 e. The summed E-state index contributed by atoms with van der Waals surface area (Å²) in [5, 5.41) is 2.78. The molecule has 1 unspecified atom stereocenters. The van der Waals surface area contributed by atoms with E-state index in [9.17, 15) is 9.59 Å². The zero-order valence-electron chi connectivity index (χ0n) is 14.6. The number of ketones is 1. The van der Waals surface area contributed by atoms with Gasteiger partial charge in [-0.15, -0.1) is 0 Å². The lowest BCUT2D eigenvalue weighted by Crippen LogP contribution is -2.51. The van der Waals surface area contributed by atoms with E-state index in [-0.39, 0.29) is 23.5 Å². The normalized spacial score (nSPS) is 13.4. The molecule has 0 saturated heterocycles. The number of carbonyl (C=O) groups excluding carboxylic acids is 2. The van der Waals surface area contributed by atoms with Crippen LogP contribution in [0.4, 0.5) is 0 Å². The second kappa shape index (κ2) is 12.8. The summed E-state index contributed by atoms with van der Waals surface area (Å²) in [5.41, 5.74) is 11.2. The average molecular weight is 301 g/mol. The second-order valence-corrected chi connectivity index (χ2v) is 5.67. The van der Waals surface area contributed by atoms with Gasteiger partial charge in [-0.05, 0) is 31.7 Å². The van der Waals surface area contributed by atoms with Crippen molar-refractivity contribution >= 4 is 11.7 Å². The fraction of sp³-hybridized carbons (Fsp3) is 0.875. The number of nitrogens with two attached hydrogens (primary N) is 2. The Kier molecular flexibility index (Phi) is 13.6. The highest BCUT2D eigenvalue weighted by molar-refractivity contribution is 5.91. The Morgan fingerprint density at radius 3 is 1.95 bits per heavy atom. The van der Waals surface area contributed by atoms with Crippen molar-refractivity contribution in [3.8, 4) is 0 Å². The Morgan fingerprint density at radius 1 is 1.05 bits per heavy atom. The number of Topliss-reactive ketones (excluding diaryl/α,β-unsaturated/α-hetero) is 1. The molecule has 5 heteroatoms. The average Bonchev–Trinajstić information content (AvgIpc) is 2.46. The fourth-order valence-electron chi connectivity index (χ4n) is 1.75. The lowest BCUT2D eigenvalue weighted by atomic mass is 9.96. The number of hydrogen-bond acceptors (Lipinski definition) is 4. The summed E-state index contributed by atoms with van der Waals surface area (Å²) in [5.74, 6) is -0.236. The van der Waals surface area contributed by atoms with Crippen molar-refractivity contribution in [2.45, 2.75) is 72.9 Å². The van der Waals surface area contributed by atoms with Crippen molar-refractivity contribution in [1.82, 2.24) is 5.32 Å². The topological polar surface area (TPSA) is 98.2 Å². The van der Waals surface area contributed by atoms with Gasteiger partial charge in [0.1, 0.15) is 0 Å². The van der Waals surface area contributed by atoms with Crippen molar-refractivity contribution in [3.05, 3.63) is 0 Å². The smallest absolute Gasteiger partial charge is 0.237 e. The van der Waals surface area contributed by atoms with E-state index in [0.29, 0.717) is 13.0 Å². The minimum absolute atomic E-state index is 0.0545. The van der Waals surface area contributed by atoms with E-state index in [0.717, 1.165) is 12.8 Å². The Morgan fingerprint density at radius 2 is 1.57 bits per heavy atom. The zero-order valence-corrected chi connectivity index (χ0v) is 14.6. The van der Waals surface area contributed by atoms with Gasteiger partial charge in [-0.25, -0.2) is 0 Å². The number of carbonyl (C=O) groups is 2. The lowest BCUT2D eigenvalue weighted by molar-refractivity contribution is -0.130. The molecule has 0 aromatic rings. The summed E-state index contributed by atoms with van der Waals surface area (Å²) in [6, 6.07) is -1.01. The van der Waals surface area contributed by atoms with E-state index in [1.807, 2.05) is 41.5 Å². The molecule has 0 aliphatic heterocycles. The third-order valence-electron chi connectivity index (χ3n) is 3.20. The molecule has 0 saturated carbocycles. The molecule has 0 aliphatic carbocycles. The first-order valence-electron chi connectivity index (χ1n) is 8.11. The van der Waals surface area contributed by atoms with Gasteiger partial charge in [0.15, 0.2) is 5.78 Å². The Balaban J connectivity index is 0. The highest BCUT2D eigenvalue weighted by Gasteiger charge is 2.26. The van der Waals surface area contributed by atoms with Crippen LogP contribution in [0.25, 0.3) is 0 Å². The molecule has 21 heavy (non-hydrogen) atoms. The summed E-state index contributed by atoms with van der Waals surface area (Å²) >= 11 is 0. The van der Waals surface area contributed by atoms with E-state index in [2.05, 4.69) is 5.32 Å². The van der Waals surface area contributed by atoms with Gasteiger partial charge in [0.05, 0.1) is 12.1 Å². The van der Waals surface area contributed by atoms with Crippen LogP contribution in [-0.2, 0) is 9.59 Å². The molecule has 0 rings (SSSR count). The molecule has 2 atom stereocenters. The van der Waals surface area contributed by atoms with Gasteiger partial charge >= 0.3 is 0 Å². The van der Waals surface area contributed by atoms with Gasteiger partial charge in [0.25, 0.3) is 0 Å². The molecule has 0 fully saturated rings. The number of nitrogens with one attached hydrogen (secondary N) is 1. The number of rotatable bonds is 9. The third kappa shape index (κ3) is 9.58. The van der Waals surface area contributed by atoms with Crippen molar-refractivity contribution in [1.29, 1.82) is 0 Å². The van der Waals surface area contributed by atoms with Crippen LogP contribution in [-0.4, -0.2) is 30.3 Å². The molecule has 0 aliphatic rings. The quantitative estimate of drug-likeness (QED) is 0.566. The van der Waals surface area contributed by atoms with E-state index in [4.69, 9.17) is 11.5 Å². The first-order chi connectivity index (χ1) is 9.81. The Hall–Kier alpha value is -0.940. The summed E-state index contributed by atoms with van der Waals surface area (Å²) in [7, 11) is 0. The first-order valence-corrected chi connectivity index (χ1v) is 8.11. The van der Waals surface area contributed by atoms with Gasteiger partial charge < -0.3 is 16.8 Å². The van der Waals surface area contributed by atoms with E-state index < -0.39 is 12.1 Å². The zero-order chi connectivity index (χ0) is 17.0. The Labute approximate surface area is 130 Å². The first kappa shape index (κ1) is 22.3. The van der Waals surface area contributed by atoms with Gasteiger partial charge in [-0.2, -0.15) is 0 Å². The minimum Gasteiger partial charge on any atom is -0.345 e. The maximum atomic E-state index is 12.1. The van der Waals surface area contributed by atoms with E-state index in [1.54, 1.807) is 0 Å². The van der Waals surface area contributed by atoms with Crippen LogP contribution in [0.5, 0.6) is 0 Å². The van der Waals surface area contributed by atoms with Crippen molar-refractivity contribution < 1.29 is 9.59 Å². The monoisotopic (exact) mass is 301 g/mol. The summed E-state index contributed by atoms with van der Waals surface area (Å²) < 4.78 is 0. The largest absolute Gasteiger partial charge is 0.345 e. The highest BCUT2D eigenvalue weighted by atomic mass is 16.2. The number of hydrogen-bond donors (Lipinski definition) is 3. The van der Waals surface area contributed by atoms with Crippen molar-refractivity contribution in [2.24, 2.45) is 23.3 Å². The molecule has 0 heterocycles. The highest BCUT2D eigenvalue weighted by Crippen LogP contribution is 2.09. The molecule has 5 nitrogen and oxygen atoms in total. The molecule has 0 spiro atoms. The molecule has 5 N–H and O–H groups in total. The van der Waals surface area contributed by atoms with Gasteiger partial charge in [0, 0.05) is 5.92 Å². The second-order valence-electron chi connectivity index (χ2n) is 5.67. The standard InChI is InChI=1S/C14H29N3O2.C2H6/c1-9(2)12(16)14(19)17-11(7-5-6-8-15)13(18)10(3)4;1-2/h9-12H,5-8,15-16H2,1-4H3,(H,17,19);1-2H3/t11-,12?;/m0./s1. The molecule has 0 aromatic heterocycles.